The zero-order chi connectivity index (χ0) is 26.3. The lowest BCUT2D eigenvalue weighted by Crippen LogP contribution is -2.14. The van der Waals surface area contributed by atoms with Gasteiger partial charge in [-0.25, -0.2) is 9.59 Å². The Hall–Kier alpha value is -3.74. The summed E-state index contributed by atoms with van der Waals surface area (Å²) in [6.07, 6.45) is 6.26. The van der Waals surface area contributed by atoms with E-state index in [1.807, 2.05) is 18.2 Å². The Morgan fingerprint density at radius 1 is 0.622 bits per heavy atom. The van der Waals surface area contributed by atoms with Crippen LogP contribution in [0, 0.1) is 0 Å². The van der Waals surface area contributed by atoms with Crippen LogP contribution in [0.1, 0.15) is 65.2 Å². The zero-order valence-electron chi connectivity index (χ0n) is 21.7. The van der Waals surface area contributed by atoms with Gasteiger partial charge in [0.15, 0.2) is 11.5 Å². The molecular formula is C30H36O7. The summed E-state index contributed by atoms with van der Waals surface area (Å²) >= 11 is 0. The molecule has 0 heterocycles. The van der Waals surface area contributed by atoms with Crippen molar-refractivity contribution in [1.82, 2.24) is 0 Å². The van der Waals surface area contributed by atoms with Crippen molar-refractivity contribution < 1.29 is 33.3 Å². The van der Waals surface area contributed by atoms with Gasteiger partial charge in [0.2, 0.25) is 0 Å². The van der Waals surface area contributed by atoms with Crippen LogP contribution in [0.15, 0.2) is 60.7 Å². The van der Waals surface area contributed by atoms with Gasteiger partial charge in [-0.1, -0.05) is 94.8 Å². The molecular weight excluding hydrogens is 472 g/mol. The Morgan fingerprint density at radius 2 is 1.19 bits per heavy atom. The topological polar surface area (TPSA) is 80.3 Å². The normalized spacial score (nSPS) is 10.6. The molecule has 0 unspecified atom stereocenters. The first-order chi connectivity index (χ1) is 18.1. The van der Waals surface area contributed by atoms with Gasteiger partial charge >= 0.3 is 12.3 Å². The molecule has 0 aliphatic carbocycles. The third-order valence-corrected chi connectivity index (χ3v) is 5.71. The highest BCUT2D eigenvalue weighted by Gasteiger charge is 2.21. The van der Waals surface area contributed by atoms with Gasteiger partial charge in [0, 0.05) is 16.8 Å². The Kier molecular flexibility index (Phi) is 11.6. The van der Waals surface area contributed by atoms with Gasteiger partial charge in [-0.05, 0) is 25.0 Å². The third kappa shape index (κ3) is 9.01. The molecule has 0 fully saturated rings. The molecule has 0 amide bonds. The van der Waals surface area contributed by atoms with Gasteiger partial charge in [0.05, 0.1) is 13.2 Å². The molecule has 3 rings (SSSR count). The average molecular weight is 509 g/mol. The smallest absolute Gasteiger partial charge is 0.453 e. The first kappa shape index (κ1) is 27.8. The molecule has 198 valence electrons. The van der Waals surface area contributed by atoms with Crippen LogP contribution in [0.5, 0.6) is 23.0 Å². The fraction of sp³-hybridized carbons (Fsp3) is 0.400. The van der Waals surface area contributed by atoms with Crippen molar-refractivity contribution in [3.8, 4) is 23.0 Å². The number of carbonyl (C=O) groups excluding carboxylic acids is 2. The highest BCUT2D eigenvalue weighted by Crippen LogP contribution is 2.43. The maximum absolute atomic E-state index is 12.5. The van der Waals surface area contributed by atoms with E-state index in [4.69, 9.17) is 23.7 Å². The summed E-state index contributed by atoms with van der Waals surface area (Å²) in [5.41, 5.74) is 0. The molecule has 7 nitrogen and oxygen atoms in total. The fourth-order valence-electron chi connectivity index (χ4n) is 3.77. The number of unbranched alkanes of at least 4 members (excludes halogenated alkanes) is 6. The van der Waals surface area contributed by atoms with E-state index in [0.717, 1.165) is 51.4 Å². The van der Waals surface area contributed by atoms with Crippen molar-refractivity contribution in [1.29, 1.82) is 0 Å². The average Bonchev–Trinajstić information content (AvgIpc) is 2.91. The Morgan fingerprint density at radius 3 is 1.81 bits per heavy atom. The molecule has 37 heavy (non-hydrogen) atoms. The summed E-state index contributed by atoms with van der Waals surface area (Å²) in [6.45, 7) is 4.80. The molecule has 0 aliphatic heterocycles. The first-order valence-electron chi connectivity index (χ1n) is 13.1. The summed E-state index contributed by atoms with van der Waals surface area (Å²) in [6, 6.07) is 17.7. The molecule has 0 radical (unpaired) electrons. The monoisotopic (exact) mass is 508 g/mol. The molecule has 0 aromatic heterocycles. The lowest BCUT2D eigenvalue weighted by Gasteiger charge is -2.16. The van der Waals surface area contributed by atoms with Crippen LogP contribution in [-0.2, 0) is 9.47 Å². The number of hydrogen-bond donors (Lipinski definition) is 0. The van der Waals surface area contributed by atoms with Crippen LogP contribution in [0.3, 0.4) is 0 Å². The second-order valence-electron chi connectivity index (χ2n) is 8.69. The van der Waals surface area contributed by atoms with E-state index in [2.05, 4.69) is 13.8 Å². The second kappa shape index (κ2) is 15.4. The largest absolute Gasteiger partial charge is 0.513 e. The van der Waals surface area contributed by atoms with E-state index in [0.29, 0.717) is 16.5 Å². The van der Waals surface area contributed by atoms with Crippen LogP contribution < -0.4 is 14.2 Å². The van der Waals surface area contributed by atoms with E-state index in [-0.39, 0.29) is 30.5 Å². The minimum Gasteiger partial charge on any atom is -0.453 e. The predicted octanol–water partition coefficient (Wildman–Crippen LogP) is 8.82. The fourth-order valence-corrected chi connectivity index (χ4v) is 3.77. The molecule has 0 saturated carbocycles. The molecule has 0 saturated heterocycles. The molecule has 0 atom stereocenters. The Labute approximate surface area is 218 Å². The van der Waals surface area contributed by atoms with Gasteiger partial charge in [-0.3, -0.25) is 0 Å². The minimum atomic E-state index is -0.820. The quantitative estimate of drug-likeness (QED) is 0.122. The third-order valence-electron chi connectivity index (χ3n) is 5.71. The van der Waals surface area contributed by atoms with E-state index in [1.54, 1.807) is 36.4 Å². The summed E-state index contributed by atoms with van der Waals surface area (Å²) in [5.74, 6) is 1.15. The number of rotatable bonds is 14. The standard InChI is InChI=1S/C30H36O7/c1-3-5-7-14-20-33-29(31)36-26-22-27(35-23-16-10-9-11-17-23)28(25-19-13-12-18-24(25)26)37-30(32)34-21-15-8-6-4-2/h9-13,16-19,22H,3-8,14-15,20-21H2,1-2H3. The van der Waals surface area contributed by atoms with Crippen molar-refractivity contribution in [2.75, 3.05) is 13.2 Å². The number of hydrogen-bond acceptors (Lipinski definition) is 7. The molecule has 0 N–H and O–H groups in total. The van der Waals surface area contributed by atoms with Crippen LogP contribution in [0.4, 0.5) is 9.59 Å². The molecule has 0 bridgehead atoms. The molecule has 0 spiro atoms. The lowest BCUT2D eigenvalue weighted by molar-refractivity contribution is 0.0951. The van der Waals surface area contributed by atoms with E-state index < -0.39 is 12.3 Å². The SMILES string of the molecule is CCCCCCOC(=O)Oc1cc(Oc2ccccc2)c(OC(=O)OCCCCCC)c2ccccc12. The highest BCUT2D eigenvalue weighted by atomic mass is 16.7. The number of carbonyl (C=O) groups is 2. The molecule has 3 aromatic rings. The number of ether oxygens (including phenoxy) is 5. The maximum atomic E-state index is 12.5. The van der Waals surface area contributed by atoms with Crippen molar-refractivity contribution in [3.05, 3.63) is 60.7 Å². The Bertz CT molecular complexity index is 1130. The van der Waals surface area contributed by atoms with Gasteiger partial charge < -0.3 is 23.7 Å². The molecule has 3 aromatic carbocycles. The summed E-state index contributed by atoms with van der Waals surface area (Å²) < 4.78 is 27.8. The maximum Gasteiger partial charge on any atom is 0.513 e. The van der Waals surface area contributed by atoms with E-state index >= 15 is 0 Å². The van der Waals surface area contributed by atoms with Crippen LogP contribution in [-0.4, -0.2) is 25.5 Å². The number of fused-ring (bicyclic) bond motifs is 1. The number of para-hydroxylation sites is 1. The number of benzene rings is 3. The summed E-state index contributed by atoms with van der Waals surface area (Å²) in [4.78, 5) is 25.0. The summed E-state index contributed by atoms with van der Waals surface area (Å²) in [5, 5.41) is 1.10. The van der Waals surface area contributed by atoms with Gasteiger partial charge in [0.1, 0.15) is 11.5 Å². The molecule has 0 aliphatic rings. The van der Waals surface area contributed by atoms with Crippen molar-refractivity contribution >= 4 is 23.1 Å². The Balaban J connectivity index is 1.84. The minimum absolute atomic E-state index is 0.179. The predicted molar refractivity (Wildman–Crippen MR) is 143 cm³/mol. The van der Waals surface area contributed by atoms with Gasteiger partial charge in [-0.15, -0.1) is 0 Å². The van der Waals surface area contributed by atoms with Crippen molar-refractivity contribution in [3.63, 3.8) is 0 Å². The van der Waals surface area contributed by atoms with Crippen LogP contribution in [0.25, 0.3) is 10.8 Å². The second-order valence-corrected chi connectivity index (χ2v) is 8.69. The van der Waals surface area contributed by atoms with E-state index in [9.17, 15) is 9.59 Å². The summed E-state index contributed by atoms with van der Waals surface area (Å²) in [7, 11) is 0. The highest BCUT2D eigenvalue weighted by molar-refractivity contribution is 5.97. The van der Waals surface area contributed by atoms with Crippen molar-refractivity contribution in [2.24, 2.45) is 0 Å². The van der Waals surface area contributed by atoms with Gasteiger partial charge in [0.25, 0.3) is 0 Å². The first-order valence-corrected chi connectivity index (χ1v) is 13.1. The van der Waals surface area contributed by atoms with Gasteiger partial charge in [-0.2, -0.15) is 0 Å². The zero-order valence-corrected chi connectivity index (χ0v) is 21.7. The van der Waals surface area contributed by atoms with Crippen LogP contribution in [0.2, 0.25) is 0 Å². The van der Waals surface area contributed by atoms with E-state index in [1.165, 1.54) is 6.07 Å². The van der Waals surface area contributed by atoms with Crippen LogP contribution >= 0.6 is 0 Å². The lowest BCUT2D eigenvalue weighted by atomic mass is 10.1. The van der Waals surface area contributed by atoms with Crippen molar-refractivity contribution in [2.45, 2.75) is 65.2 Å². The molecule has 7 heteroatoms.